The number of hydrogen-bond donors (Lipinski definition) is 2. The lowest BCUT2D eigenvalue weighted by molar-refractivity contribution is -0.127. The van der Waals surface area contributed by atoms with Crippen LogP contribution in [0.3, 0.4) is 0 Å². The quantitative estimate of drug-likeness (QED) is 0.848. The fourth-order valence-corrected chi connectivity index (χ4v) is 2.76. The number of aryl methyl sites for hydroxylation is 1. The first-order chi connectivity index (χ1) is 12.3. The number of amides is 1. The van der Waals surface area contributed by atoms with Gasteiger partial charge >= 0.3 is 6.18 Å². The first-order valence-corrected chi connectivity index (χ1v) is 8.39. The summed E-state index contributed by atoms with van der Waals surface area (Å²) in [6, 6.07) is 6.59. The highest BCUT2D eigenvalue weighted by Gasteiger charge is 2.30. The number of carbonyl (C=O) groups is 1. The third-order valence-electron chi connectivity index (χ3n) is 3.95. The van der Waals surface area contributed by atoms with Gasteiger partial charge in [0.15, 0.2) is 0 Å². The summed E-state index contributed by atoms with van der Waals surface area (Å²) in [6.45, 7) is 7.27. The molecule has 1 aromatic carbocycles. The van der Waals surface area contributed by atoms with Gasteiger partial charge in [0.25, 0.3) is 11.5 Å². The Hall–Kier alpha value is -2.64. The molecule has 27 heavy (non-hydrogen) atoms. The number of halogens is 3. The van der Waals surface area contributed by atoms with Gasteiger partial charge in [-0.15, -0.1) is 0 Å². The van der Waals surface area contributed by atoms with Crippen LogP contribution in [0.4, 0.5) is 13.2 Å². The van der Waals surface area contributed by atoms with Gasteiger partial charge in [-0.25, -0.2) is 4.98 Å². The molecule has 1 atom stereocenters. The lowest BCUT2D eigenvalue weighted by Crippen LogP contribution is -2.37. The number of aromatic nitrogens is 2. The molecule has 0 spiro atoms. The molecular formula is C19H22F3N3O2. The van der Waals surface area contributed by atoms with E-state index in [1.54, 1.807) is 19.1 Å². The molecule has 0 fully saturated rings. The molecule has 0 bridgehead atoms. The Labute approximate surface area is 155 Å². The molecule has 2 N–H and O–H groups in total. The summed E-state index contributed by atoms with van der Waals surface area (Å²) in [6.07, 6.45) is -5.28. The smallest absolute Gasteiger partial charge is 0.343 e. The Morgan fingerprint density at radius 1 is 1.19 bits per heavy atom. The maximum Gasteiger partial charge on any atom is 0.393 e. The van der Waals surface area contributed by atoms with E-state index in [2.05, 4.69) is 15.3 Å². The van der Waals surface area contributed by atoms with Crippen LogP contribution < -0.4 is 10.9 Å². The van der Waals surface area contributed by atoms with Crippen molar-refractivity contribution in [3.05, 3.63) is 63.3 Å². The van der Waals surface area contributed by atoms with Crippen LogP contribution in [0.5, 0.6) is 0 Å². The number of rotatable bonds is 4. The number of hydrogen-bond acceptors (Lipinski definition) is 3. The molecule has 0 aliphatic carbocycles. The molecule has 1 heterocycles. The van der Waals surface area contributed by atoms with Crippen molar-refractivity contribution in [2.45, 2.75) is 46.3 Å². The Bertz CT molecular complexity index is 865. The molecule has 1 amide bonds. The maximum absolute atomic E-state index is 12.6. The largest absolute Gasteiger partial charge is 0.393 e. The second kappa shape index (κ2) is 7.54. The minimum atomic E-state index is -4.27. The number of H-pyrrole nitrogens is 1. The van der Waals surface area contributed by atoms with Crippen LogP contribution in [0.2, 0.25) is 0 Å². The van der Waals surface area contributed by atoms with Crippen molar-refractivity contribution in [3.63, 3.8) is 0 Å². The fourth-order valence-electron chi connectivity index (χ4n) is 2.76. The molecule has 1 aromatic heterocycles. The zero-order chi connectivity index (χ0) is 20.4. The van der Waals surface area contributed by atoms with Crippen LogP contribution in [-0.2, 0) is 6.42 Å². The predicted octanol–water partition coefficient (Wildman–Crippen LogP) is 3.70. The van der Waals surface area contributed by atoms with Crippen LogP contribution in [0.15, 0.2) is 35.1 Å². The molecule has 0 saturated heterocycles. The topological polar surface area (TPSA) is 74.8 Å². The molecule has 2 rings (SSSR count). The molecule has 1 unspecified atom stereocenters. The van der Waals surface area contributed by atoms with E-state index in [0.29, 0.717) is 11.4 Å². The standard InChI is InChI=1S/C19H22F3N3O2/c1-11-23-14(9-15(26)24-11)17(27)25-16(18(2,3)4)13-7-5-12(6-8-13)10-19(20,21)22/h5-9,16H,10H2,1-4H3,(H,25,27)(H,23,24,26). The summed E-state index contributed by atoms with van der Waals surface area (Å²) < 4.78 is 37.6. The zero-order valence-corrected chi connectivity index (χ0v) is 15.6. The van der Waals surface area contributed by atoms with E-state index in [9.17, 15) is 22.8 Å². The van der Waals surface area contributed by atoms with E-state index in [1.165, 1.54) is 12.1 Å². The third kappa shape index (κ3) is 5.94. The van der Waals surface area contributed by atoms with Gasteiger partial charge in [0.1, 0.15) is 11.5 Å². The second-order valence-electron chi connectivity index (χ2n) is 7.52. The summed E-state index contributed by atoms with van der Waals surface area (Å²) >= 11 is 0. The number of nitrogens with one attached hydrogen (secondary N) is 2. The van der Waals surface area contributed by atoms with Gasteiger partial charge in [-0.2, -0.15) is 13.2 Å². The van der Waals surface area contributed by atoms with Crippen molar-refractivity contribution in [2.24, 2.45) is 5.41 Å². The lowest BCUT2D eigenvalue weighted by Gasteiger charge is -2.32. The normalized spacial score (nSPS) is 13.3. The number of alkyl halides is 3. The summed E-state index contributed by atoms with van der Waals surface area (Å²) in [5, 5.41) is 2.84. The van der Waals surface area contributed by atoms with Crippen molar-refractivity contribution in [1.82, 2.24) is 15.3 Å². The molecule has 2 aromatic rings. The van der Waals surface area contributed by atoms with Crippen molar-refractivity contribution >= 4 is 5.91 Å². The average molecular weight is 381 g/mol. The molecule has 5 nitrogen and oxygen atoms in total. The molecule has 8 heteroatoms. The van der Waals surface area contributed by atoms with E-state index in [-0.39, 0.29) is 11.3 Å². The highest BCUT2D eigenvalue weighted by atomic mass is 19.4. The second-order valence-corrected chi connectivity index (χ2v) is 7.52. The fraction of sp³-hybridized carbons (Fsp3) is 0.421. The van der Waals surface area contributed by atoms with E-state index < -0.39 is 35.5 Å². The first kappa shape index (κ1) is 20.7. The average Bonchev–Trinajstić information content (AvgIpc) is 2.50. The highest BCUT2D eigenvalue weighted by Crippen LogP contribution is 2.33. The third-order valence-corrected chi connectivity index (χ3v) is 3.95. The highest BCUT2D eigenvalue weighted by molar-refractivity contribution is 5.92. The van der Waals surface area contributed by atoms with Gasteiger partial charge in [0, 0.05) is 6.07 Å². The molecule has 0 saturated carbocycles. The van der Waals surface area contributed by atoms with Gasteiger partial charge in [-0.1, -0.05) is 45.0 Å². The van der Waals surface area contributed by atoms with E-state index >= 15 is 0 Å². The van der Waals surface area contributed by atoms with Crippen molar-refractivity contribution in [2.75, 3.05) is 0 Å². The van der Waals surface area contributed by atoms with Crippen LogP contribution in [0.1, 0.15) is 54.3 Å². The summed E-state index contributed by atoms with van der Waals surface area (Å²) in [5.74, 6) is -0.208. The number of nitrogens with zero attached hydrogens (tertiary/aromatic N) is 1. The van der Waals surface area contributed by atoms with Crippen molar-refractivity contribution < 1.29 is 18.0 Å². The van der Waals surface area contributed by atoms with Gasteiger partial charge in [-0.3, -0.25) is 9.59 Å². The summed E-state index contributed by atoms with van der Waals surface area (Å²) in [5.41, 5.74) is -0.0478. The maximum atomic E-state index is 12.6. The van der Waals surface area contributed by atoms with Gasteiger partial charge in [0.2, 0.25) is 0 Å². The summed E-state index contributed by atoms with van der Waals surface area (Å²) in [4.78, 5) is 30.6. The van der Waals surface area contributed by atoms with Crippen LogP contribution in [0, 0.1) is 12.3 Å². The number of aromatic amines is 1. The molecule has 146 valence electrons. The SMILES string of the molecule is Cc1nc(C(=O)NC(c2ccc(CC(F)(F)F)cc2)C(C)(C)C)cc(=O)[nH]1. The van der Waals surface area contributed by atoms with E-state index in [4.69, 9.17) is 0 Å². The molecule has 0 radical (unpaired) electrons. The van der Waals surface area contributed by atoms with Crippen LogP contribution in [-0.4, -0.2) is 22.1 Å². The van der Waals surface area contributed by atoms with Crippen molar-refractivity contribution in [3.8, 4) is 0 Å². The summed E-state index contributed by atoms with van der Waals surface area (Å²) in [7, 11) is 0. The predicted molar refractivity (Wildman–Crippen MR) is 95.5 cm³/mol. The van der Waals surface area contributed by atoms with Gasteiger partial charge < -0.3 is 10.3 Å². The van der Waals surface area contributed by atoms with Gasteiger partial charge in [0.05, 0.1) is 12.5 Å². The van der Waals surface area contributed by atoms with Gasteiger partial charge in [-0.05, 0) is 23.5 Å². The molecular weight excluding hydrogens is 359 g/mol. The Kier molecular flexibility index (Phi) is 5.77. The molecule has 0 aliphatic heterocycles. The van der Waals surface area contributed by atoms with Crippen LogP contribution in [0.25, 0.3) is 0 Å². The Morgan fingerprint density at radius 2 is 1.78 bits per heavy atom. The first-order valence-electron chi connectivity index (χ1n) is 8.39. The van der Waals surface area contributed by atoms with Crippen molar-refractivity contribution in [1.29, 1.82) is 0 Å². The molecule has 0 aliphatic rings. The zero-order valence-electron chi connectivity index (χ0n) is 15.6. The minimum Gasteiger partial charge on any atom is -0.343 e. The Morgan fingerprint density at radius 3 is 2.26 bits per heavy atom. The number of benzene rings is 1. The van der Waals surface area contributed by atoms with Crippen LogP contribution >= 0.6 is 0 Å². The van der Waals surface area contributed by atoms with E-state index in [1.807, 2.05) is 20.8 Å². The number of carbonyl (C=O) groups excluding carboxylic acids is 1. The lowest BCUT2D eigenvalue weighted by atomic mass is 9.82. The Balaban J connectivity index is 2.28. The van der Waals surface area contributed by atoms with E-state index in [0.717, 1.165) is 6.07 Å². The monoisotopic (exact) mass is 381 g/mol. The minimum absolute atomic E-state index is 0.0146.